The third-order valence-electron chi connectivity index (χ3n) is 1.69. The fourth-order valence-corrected chi connectivity index (χ4v) is 0.750. The molecule has 0 aliphatic carbocycles. The van der Waals surface area contributed by atoms with Crippen LogP contribution in [0.3, 0.4) is 0 Å². The molecule has 0 heterocycles. The molecule has 0 unspecified atom stereocenters. The Morgan fingerprint density at radius 1 is 1.00 bits per heavy atom. The maximum absolute atomic E-state index is 10.0. The van der Waals surface area contributed by atoms with E-state index in [1.807, 2.05) is 0 Å². The molecular weight excluding hydrogens is 252 g/mol. The van der Waals surface area contributed by atoms with Crippen LogP contribution in [0.15, 0.2) is 0 Å². The molecule has 0 saturated heterocycles. The van der Waals surface area contributed by atoms with Crippen LogP contribution >= 0.6 is 0 Å². The highest BCUT2D eigenvalue weighted by atomic mass is 16.4. The van der Waals surface area contributed by atoms with E-state index < -0.39 is 12.0 Å². The van der Waals surface area contributed by atoms with Crippen LogP contribution in [0.4, 0.5) is 0 Å². The SMILES string of the molecule is C.NCCCCN.NCCC[C@H](N)C(=O)O.O=C=O. The number of hydrogen-bond donors (Lipinski definition) is 5. The molecule has 0 aliphatic heterocycles. The van der Waals surface area contributed by atoms with Crippen molar-refractivity contribution in [2.75, 3.05) is 19.6 Å². The Morgan fingerprint density at radius 2 is 1.32 bits per heavy atom. The van der Waals surface area contributed by atoms with E-state index in [0.717, 1.165) is 25.9 Å². The molecule has 0 aromatic carbocycles. The van der Waals surface area contributed by atoms with Crippen molar-refractivity contribution < 1.29 is 19.5 Å². The first-order valence-corrected chi connectivity index (χ1v) is 5.59. The van der Waals surface area contributed by atoms with Crippen LogP contribution in [0.5, 0.6) is 0 Å². The Bertz CT molecular complexity index is 205. The summed E-state index contributed by atoms with van der Waals surface area (Å²) in [5, 5.41) is 8.24. The van der Waals surface area contributed by atoms with Crippen molar-refractivity contribution >= 4 is 12.1 Å². The van der Waals surface area contributed by atoms with E-state index in [9.17, 15) is 4.79 Å². The van der Waals surface area contributed by atoms with Crippen molar-refractivity contribution in [2.45, 2.75) is 39.2 Å². The first kappa shape index (κ1) is 26.3. The molecule has 0 aromatic heterocycles. The highest BCUT2D eigenvalue weighted by Crippen LogP contribution is 1.91. The third-order valence-corrected chi connectivity index (χ3v) is 1.69. The van der Waals surface area contributed by atoms with Crippen LogP contribution in [0, 0.1) is 0 Å². The summed E-state index contributed by atoms with van der Waals surface area (Å²) in [5.41, 5.74) is 20.6. The average molecular weight is 280 g/mol. The predicted octanol–water partition coefficient (Wildman–Crippen LogP) is -1.13. The van der Waals surface area contributed by atoms with Gasteiger partial charge in [0, 0.05) is 0 Å². The number of carbonyl (C=O) groups excluding carboxylic acids is 2. The largest absolute Gasteiger partial charge is 0.480 e. The average Bonchev–Trinajstić information content (AvgIpc) is 2.35. The minimum atomic E-state index is -0.955. The number of aliphatic carboxylic acids is 1. The Balaban J connectivity index is -0.0000000982. The lowest BCUT2D eigenvalue weighted by Crippen LogP contribution is -2.30. The van der Waals surface area contributed by atoms with E-state index in [4.69, 9.17) is 37.6 Å². The van der Waals surface area contributed by atoms with Crippen molar-refractivity contribution in [2.24, 2.45) is 22.9 Å². The van der Waals surface area contributed by atoms with Crippen molar-refractivity contribution in [1.29, 1.82) is 0 Å². The molecule has 8 nitrogen and oxygen atoms in total. The van der Waals surface area contributed by atoms with Crippen LogP contribution in [-0.4, -0.2) is 42.9 Å². The molecule has 0 radical (unpaired) electrons. The van der Waals surface area contributed by atoms with Crippen LogP contribution < -0.4 is 22.9 Å². The van der Waals surface area contributed by atoms with Crippen molar-refractivity contribution in [3.8, 4) is 0 Å². The number of carboxylic acid groups (broad SMARTS) is 1. The number of nitrogens with two attached hydrogens (primary N) is 4. The van der Waals surface area contributed by atoms with Gasteiger partial charge in [0.25, 0.3) is 0 Å². The Hall–Kier alpha value is -1.31. The topological polar surface area (TPSA) is 176 Å². The lowest BCUT2D eigenvalue weighted by Gasteiger charge is -2.02. The number of rotatable bonds is 7. The van der Waals surface area contributed by atoms with E-state index in [0.29, 0.717) is 19.4 Å². The number of hydrogen-bond acceptors (Lipinski definition) is 7. The summed E-state index contributed by atoms with van der Waals surface area (Å²) in [6, 6.07) is -0.742. The zero-order valence-electron chi connectivity index (χ0n) is 10.5. The van der Waals surface area contributed by atoms with Crippen molar-refractivity contribution in [3.05, 3.63) is 0 Å². The van der Waals surface area contributed by atoms with Crippen molar-refractivity contribution in [3.63, 3.8) is 0 Å². The highest BCUT2D eigenvalue weighted by Gasteiger charge is 2.08. The second kappa shape index (κ2) is 25.5. The zero-order valence-corrected chi connectivity index (χ0v) is 10.5. The van der Waals surface area contributed by atoms with Crippen LogP contribution in [0.2, 0.25) is 0 Å². The number of carboxylic acids is 1. The first-order chi connectivity index (χ1) is 8.51. The van der Waals surface area contributed by atoms with Gasteiger partial charge < -0.3 is 28.0 Å². The van der Waals surface area contributed by atoms with Gasteiger partial charge in [0.15, 0.2) is 0 Å². The molecule has 0 fully saturated rings. The molecule has 0 bridgehead atoms. The standard InChI is InChI=1S/C5H12N2O2.C4H12N2.CO2.CH4/c6-3-1-2-4(7)5(8)9;5-3-1-2-4-6;2-1-3;/h4H,1-3,6-7H2,(H,8,9);1-6H2;;1H4/t4-;;;/m0.../s1. The van der Waals surface area contributed by atoms with Gasteiger partial charge in [0.2, 0.25) is 0 Å². The van der Waals surface area contributed by atoms with E-state index >= 15 is 0 Å². The smallest absolute Gasteiger partial charge is 0.373 e. The third kappa shape index (κ3) is 38.4. The molecular formula is C11H28N4O4. The molecule has 1 atom stereocenters. The van der Waals surface area contributed by atoms with Gasteiger partial charge in [-0.05, 0) is 45.3 Å². The van der Waals surface area contributed by atoms with Gasteiger partial charge in [0.1, 0.15) is 6.04 Å². The molecule has 0 aliphatic rings. The van der Waals surface area contributed by atoms with Gasteiger partial charge in [-0.2, -0.15) is 9.59 Å². The molecule has 0 rings (SSSR count). The van der Waals surface area contributed by atoms with Gasteiger partial charge in [-0.15, -0.1) is 0 Å². The van der Waals surface area contributed by atoms with E-state index in [-0.39, 0.29) is 13.6 Å². The normalized spacial score (nSPS) is 9.47. The summed E-state index contributed by atoms with van der Waals surface area (Å²) in [4.78, 5) is 26.3. The van der Waals surface area contributed by atoms with Gasteiger partial charge in [0.05, 0.1) is 0 Å². The van der Waals surface area contributed by atoms with E-state index in [1.165, 1.54) is 0 Å². The fourth-order valence-electron chi connectivity index (χ4n) is 0.750. The molecule has 19 heavy (non-hydrogen) atoms. The van der Waals surface area contributed by atoms with E-state index in [2.05, 4.69) is 0 Å². The predicted molar refractivity (Wildman–Crippen MR) is 73.0 cm³/mol. The summed E-state index contributed by atoms with van der Waals surface area (Å²) in [6.07, 6.45) is 3.52. The number of carbonyl (C=O) groups is 1. The van der Waals surface area contributed by atoms with Gasteiger partial charge >= 0.3 is 12.1 Å². The van der Waals surface area contributed by atoms with Gasteiger partial charge in [-0.1, -0.05) is 7.43 Å². The van der Waals surface area contributed by atoms with Crippen LogP contribution in [0.1, 0.15) is 33.1 Å². The van der Waals surface area contributed by atoms with Gasteiger partial charge in [-0.3, -0.25) is 4.79 Å². The summed E-state index contributed by atoms with van der Waals surface area (Å²) in [7, 11) is 0. The Labute approximate surface area is 114 Å². The maximum atomic E-state index is 10.0. The quantitative estimate of drug-likeness (QED) is 0.364. The monoisotopic (exact) mass is 280 g/mol. The Morgan fingerprint density at radius 3 is 1.53 bits per heavy atom. The lowest BCUT2D eigenvalue weighted by atomic mass is 10.2. The Kier molecular flexibility index (Phi) is 35.3. The molecule has 0 spiro atoms. The number of unbranched alkanes of at least 4 members (excludes halogenated alkanes) is 1. The molecule has 8 heteroatoms. The fraction of sp³-hybridized carbons (Fsp3) is 0.818. The van der Waals surface area contributed by atoms with Crippen LogP contribution in [0.25, 0.3) is 0 Å². The van der Waals surface area contributed by atoms with Crippen molar-refractivity contribution in [1.82, 2.24) is 0 Å². The second-order valence-electron chi connectivity index (χ2n) is 3.24. The summed E-state index contributed by atoms with van der Waals surface area (Å²) < 4.78 is 0. The van der Waals surface area contributed by atoms with E-state index in [1.54, 1.807) is 0 Å². The summed E-state index contributed by atoms with van der Waals surface area (Å²) in [5.74, 6) is -0.955. The summed E-state index contributed by atoms with van der Waals surface area (Å²) in [6.45, 7) is 2.05. The van der Waals surface area contributed by atoms with Crippen LogP contribution in [-0.2, 0) is 14.4 Å². The minimum absolute atomic E-state index is 0. The lowest BCUT2D eigenvalue weighted by molar-refractivity contribution is -0.191. The molecule has 9 N–H and O–H groups in total. The summed E-state index contributed by atoms with van der Waals surface area (Å²) >= 11 is 0. The highest BCUT2D eigenvalue weighted by molar-refractivity contribution is 5.72. The van der Waals surface area contributed by atoms with Gasteiger partial charge in [-0.25, -0.2) is 0 Å². The second-order valence-corrected chi connectivity index (χ2v) is 3.24. The molecule has 116 valence electrons. The molecule has 0 amide bonds. The first-order valence-electron chi connectivity index (χ1n) is 5.59. The maximum Gasteiger partial charge on any atom is 0.373 e. The molecule has 0 aromatic rings. The minimum Gasteiger partial charge on any atom is -0.480 e. The zero-order chi connectivity index (χ0) is 14.8. The molecule has 0 saturated carbocycles.